The molecular weight excluding hydrogens is 511 g/mol. The predicted molar refractivity (Wildman–Crippen MR) is 143 cm³/mol. The van der Waals surface area contributed by atoms with Crippen molar-refractivity contribution < 1.29 is 37.0 Å². The quantitative estimate of drug-likeness (QED) is 0.140. The van der Waals surface area contributed by atoms with Crippen LogP contribution in [0.25, 0.3) is 11.1 Å². The lowest BCUT2D eigenvalue weighted by molar-refractivity contribution is -0.274. The molecule has 6 nitrogen and oxygen atoms in total. The van der Waals surface area contributed by atoms with Gasteiger partial charge in [0.05, 0.1) is 13.7 Å². The van der Waals surface area contributed by atoms with Crippen molar-refractivity contribution >= 4 is 17.6 Å². The molecule has 0 aliphatic heterocycles. The molecule has 0 heterocycles. The van der Waals surface area contributed by atoms with Crippen LogP contribution in [0.2, 0.25) is 0 Å². The number of amides is 1. The van der Waals surface area contributed by atoms with Gasteiger partial charge in [0, 0.05) is 17.8 Å². The fourth-order valence-electron chi connectivity index (χ4n) is 3.99. The van der Waals surface area contributed by atoms with Gasteiger partial charge in [-0.1, -0.05) is 55.8 Å². The first-order valence-electron chi connectivity index (χ1n) is 12.8. The molecule has 3 rings (SSSR count). The topological polar surface area (TPSA) is 65.1 Å². The molecule has 9 heteroatoms. The average molecular weight is 544 g/mol. The van der Waals surface area contributed by atoms with Gasteiger partial charge in [-0.05, 0) is 67.1 Å². The molecule has 0 unspecified atom stereocenters. The number of unbranched alkanes of at least 4 members (excludes halogenated alkanes) is 2. The van der Waals surface area contributed by atoms with E-state index in [1.165, 1.54) is 34.7 Å². The Balaban J connectivity index is 1.89. The Hall–Kier alpha value is -4.01. The van der Waals surface area contributed by atoms with Crippen LogP contribution in [0.15, 0.2) is 72.8 Å². The van der Waals surface area contributed by atoms with Crippen molar-refractivity contribution in [1.82, 2.24) is 0 Å². The summed E-state index contributed by atoms with van der Waals surface area (Å²) in [7, 11) is 1.15. The molecule has 0 atom stereocenters. The molecule has 0 bridgehead atoms. The maximum absolute atomic E-state index is 13.0. The van der Waals surface area contributed by atoms with Crippen LogP contribution in [0.5, 0.6) is 11.5 Å². The predicted octanol–water partition coefficient (Wildman–Crippen LogP) is 6.96. The Labute approximate surface area is 226 Å². The van der Waals surface area contributed by atoms with E-state index < -0.39 is 18.2 Å². The molecule has 1 amide bonds. The van der Waals surface area contributed by atoms with Crippen LogP contribution >= 0.6 is 0 Å². The standard InChI is InChI=1S/C30H32F3NO5/c1-3-4-20-38-27-18-15-24(21-26(27)23-13-16-25(17-14-23)39-30(31,32)33)34(28(35)29(36)37-2)19-9-8-12-22-10-6-5-7-11-22/h5-7,10-11,13-18,21H,3-4,8-9,12,19-20H2,1-2H3. The van der Waals surface area contributed by atoms with Gasteiger partial charge in [0.1, 0.15) is 11.5 Å². The highest BCUT2D eigenvalue weighted by Gasteiger charge is 2.31. The van der Waals surface area contributed by atoms with E-state index in [1.807, 2.05) is 37.3 Å². The van der Waals surface area contributed by atoms with Crippen molar-refractivity contribution in [2.75, 3.05) is 25.2 Å². The number of carbonyl (C=O) groups excluding carboxylic acids is 2. The third-order valence-corrected chi connectivity index (χ3v) is 5.97. The van der Waals surface area contributed by atoms with Gasteiger partial charge < -0.3 is 19.1 Å². The minimum atomic E-state index is -4.80. The molecule has 0 aromatic heterocycles. The number of methoxy groups -OCH3 is 1. The monoisotopic (exact) mass is 543 g/mol. The number of anilines is 1. The fourth-order valence-corrected chi connectivity index (χ4v) is 3.99. The molecule has 0 N–H and O–H groups in total. The number of halogens is 3. The summed E-state index contributed by atoms with van der Waals surface area (Å²) in [5.41, 5.74) is 2.75. The van der Waals surface area contributed by atoms with Crippen molar-refractivity contribution in [2.45, 2.75) is 45.4 Å². The third-order valence-electron chi connectivity index (χ3n) is 5.97. The average Bonchev–Trinajstić information content (AvgIpc) is 2.93. The van der Waals surface area contributed by atoms with Crippen LogP contribution < -0.4 is 14.4 Å². The molecule has 0 radical (unpaired) electrons. The van der Waals surface area contributed by atoms with Gasteiger partial charge in [-0.15, -0.1) is 13.2 Å². The Morgan fingerprint density at radius 3 is 2.26 bits per heavy atom. The minimum Gasteiger partial charge on any atom is -0.493 e. The minimum absolute atomic E-state index is 0.272. The zero-order valence-corrected chi connectivity index (χ0v) is 22.0. The SMILES string of the molecule is CCCCOc1ccc(N(CCCCc2ccccc2)C(=O)C(=O)OC)cc1-c1ccc(OC(F)(F)F)cc1. The van der Waals surface area contributed by atoms with E-state index in [4.69, 9.17) is 4.74 Å². The van der Waals surface area contributed by atoms with Crippen LogP contribution in [0.4, 0.5) is 18.9 Å². The van der Waals surface area contributed by atoms with Crippen molar-refractivity contribution in [3.05, 3.63) is 78.4 Å². The lowest BCUT2D eigenvalue weighted by atomic mass is 10.0. The molecule has 3 aromatic rings. The van der Waals surface area contributed by atoms with Crippen LogP contribution in [0, 0.1) is 0 Å². The maximum atomic E-state index is 13.0. The Bertz CT molecular complexity index is 1210. The van der Waals surface area contributed by atoms with Crippen LogP contribution in [0.3, 0.4) is 0 Å². The Morgan fingerprint density at radius 1 is 0.897 bits per heavy atom. The molecule has 39 heavy (non-hydrogen) atoms. The van der Waals surface area contributed by atoms with Gasteiger partial charge >= 0.3 is 18.2 Å². The molecule has 0 spiro atoms. The third kappa shape index (κ3) is 9.05. The summed E-state index contributed by atoms with van der Waals surface area (Å²) in [5.74, 6) is -1.64. The van der Waals surface area contributed by atoms with E-state index >= 15 is 0 Å². The summed E-state index contributed by atoms with van der Waals surface area (Å²) in [4.78, 5) is 26.5. The number of esters is 1. The molecule has 0 aliphatic rings. The highest BCUT2D eigenvalue weighted by molar-refractivity contribution is 6.38. The second-order valence-electron chi connectivity index (χ2n) is 8.85. The van der Waals surface area contributed by atoms with E-state index in [9.17, 15) is 22.8 Å². The number of alkyl halides is 3. The molecule has 0 aliphatic carbocycles. The molecular formula is C30H32F3NO5. The molecule has 0 fully saturated rings. The van der Waals surface area contributed by atoms with Gasteiger partial charge in [0.2, 0.25) is 0 Å². The fraction of sp³-hybridized carbons (Fsp3) is 0.333. The van der Waals surface area contributed by atoms with Gasteiger partial charge in [0.15, 0.2) is 0 Å². The highest BCUT2D eigenvalue weighted by atomic mass is 19.4. The van der Waals surface area contributed by atoms with E-state index in [2.05, 4.69) is 9.47 Å². The summed E-state index contributed by atoms with van der Waals surface area (Å²) >= 11 is 0. The smallest absolute Gasteiger partial charge is 0.493 e. The number of nitrogens with zero attached hydrogens (tertiary/aromatic N) is 1. The summed E-state index contributed by atoms with van der Waals surface area (Å²) in [6.45, 7) is 2.75. The second-order valence-corrected chi connectivity index (χ2v) is 8.85. The van der Waals surface area contributed by atoms with Gasteiger partial charge in [-0.2, -0.15) is 0 Å². The van der Waals surface area contributed by atoms with Gasteiger partial charge in [0.25, 0.3) is 0 Å². The summed E-state index contributed by atoms with van der Waals surface area (Å²) in [6.07, 6.45) is -0.824. The van der Waals surface area contributed by atoms with E-state index in [0.717, 1.165) is 32.8 Å². The molecule has 0 saturated carbocycles. The molecule has 3 aromatic carbocycles. The number of benzene rings is 3. The summed E-state index contributed by atoms with van der Waals surface area (Å²) in [6, 6.07) is 20.4. The lowest BCUT2D eigenvalue weighted by Crippen LogP contribution is -2.38. The lowest BCUT2D eigenvalue weighted by Gasteiger charge is -2.23. The number of hydrogen-bond donors (Lipinski definition) is 0. The second kappa shape index (κ2) is 14.2. The largest absolute Gasteiger partial charge is 0.573 e. The zero-order valence-electron chi connectivity index (χ0n) is 22.0. The number of rotatable bonds is 12. The first-order chi connectivity index (χ1) is 18.7. The van der Waals surface area contributed by atoms with Crippen LogP contribution in [-0.2, 0) is 20.7 Å². The van der Waals surface area contributed by atoms with Crippen molar-refractivity contribution in [3.63, 3.8) is 0 Å². The van der Waals surface area contributed by atoms with E-state index in [1.54, 1.807) is 18.2 Å². The Kier molecular flexibility index (Phi) is 10.8. The van der Waals surface area contributed by atoms with Crippen LogP contribution in [-0.4, -0.2) is 38.5 Å². The normalized spacial score (nSPS) is 11.1. The van der Waals surface area contributed by atoms with Gasteiger partial charge in [-0.25, -0.2) is 4.79 Å². The number of carbonyl (C=O) groups is 2. The van der Waals surface area contributed by atoms with Gasteiger partial charge in [-0.3, -0.25) is 4.79 Å². The van der Waals surface area contributed by atoms with E-state index in [-0.39, 0.29) is 12.3 Å². The highest BCUT2D eigenvalue weighted by Crippen LogP contribution is 2.36. The van der Waals surface area contributed by atoms with Crippen molar-refractivity contribution in [3.8, 4) is 22.6 Å². The molecule has 0 saturated heterocycles. The number of hydrogen-bond acceptors (Lipinski definition) is 5. The maximum Gasteiger partial charge on any atom is 0.573 e. The summed E-state index contributed by atoms with van der Waals surface area (Å²) < 4.78 is 52.5. The zero-order chi connectivity index (χ0) is 28.3. The number of aryl methyl sites for hydroxylation is 1. The summed E-state index contributed by atoms with van der Waals surface area (Å²) in [5, 5.41) is 0. The van der Waals surface area contributed by atoms with Crippen LogP contribution in [0.1, 0.15) is 38.2 Å². The Morgan fingerprint density at radius 2 is 1.62 bits per heavy atom. The first-order valence-corrected chi connectivity index (χ1v) is 12.8. The molecule has 208 valence electrons. The van der Waals surface area contributed by atoms with E-state index in [0.29, 0.717) is 35.6 Å². The number of ether oxygens (including phenoxy) is 3. The van der Waals surface area contributed by atoms with Crippen molar-refractivity contribution in [1.29, 1.82) is 0 Å². The van der Waals surface area contributed by atoms with Crippen molar-refractivity contribution in [2.24, 2.45) is 0 Å². The first kappa shape index (κ1) is 29.5.